The number of fused-ring (bicyclic) bond motifs is 1. The second-order valence-corrected chi connectivity index (χ2v) is 5.05. The number of nitrogens with zero attached hydrogens (tertiary/aromatic N) is 1. The lowest BCUT2D eigenvalue weighted by molar-refractivity contribution is 0.164. The molecule has 0 bridgehead atoms. The molecule has 1 aromatic carbocycles. The molecule has 20 heavy (non-hydrogen) atoms. The predicted octanol–water partition coefficient (Wildman–Crippen LogP) is 2.41. The Labute approximate surface area is 115 Å². The molecule has 1 fully saturated rings. The van der Waals surface area contributed by atoms with Gasteiger partial charge in [-0.2, -0.15) is 4.99 Å². The number of phenols is 1. The molecule has 6 heteroatoms. The Hall–Kier alpha value is -2.07. The van der Waals surface area contributed by atoms with Crippen LogP contribution in [0.5, 0.6) is 17.2 Å². The van der Waals surface area contributed by atoms with Crippen LogP contribution in [0.4, 0.5) is 4.39 Å². The van der Waals surface area contributed by atoms with Crippen LogP contribution in [0.2, 0.25) is 0 Å². The van der Waals surface area contributed by atoms with Gasteiger partial charge in [0, 0.05) is 6.07 Å². The summed E-state index contributed by atoms with van der Waals surface area (Å²) in [6.07, 6.45) is 4.34. The summed E-state index contributed by atoms with van der Waals surface area (Å²) in [6.45, 7) is 0.632. The van der Waals surface area contributed by atoms with Crippen LogP contribution >= 0.6 is 0 Å². The van der Waals surface area contributed by atoms with Crippen LogP contribution in [0.15, 0.2) is 11.1 Å². The Kier molecular flexibility index (Phi) is 3.10. The highest BCUT2D eigenvalue weighted by atomic mass is 19.1. The van der Waals surface area contributed by atoms with Crippen molar-refractivity contribution in [2.75, 3.05) is 13.2 Å². The Balaban J connectivity index is 2.26. The van der Waals surface area contributed by atoms with Gasteiger partial charge in [-0.25, -0.2) is 9.18 Å². The quantitative estimate of drug-likeness (QED) is 0.666. The maximum absolute atomic E-state index is 13.9. The van der Waals surface area contributed by atoms with Crippen molar-refractivity contribution >= 4 is 6.08 Å². The fraction of sp³-hybridized carbons (Fsp3) is 0.500. The Bertz CT molecular complexity index is 589. The fourth-order valence-corrected chi connectivity index (χ4v) is 3.04. The summed E-state index contributed by atoms with van der Waals surface area (Å²) >= 11 is 0. The van der Waals surface area contributed by atoms with E-state index in [4.69, 9.17) is 9.47 Å². The van der Waals surface area contributed by atoms with Crippen LogP contribution in [0, 0.1) is 5.82 Å². The number of ether oxygens (including phenoxy) is 2. The molecule has 0 radical (unpaired) electrons. The highest BCUT2D eigenvalue weighted by molar-refractivity contribution is 5.59. The standard InChI is InChI=1S/C14H14FNO4/c15-9-7-10-13(20-6-5-19-10)11(12(9)18)14(16-8-17)3-1-2-4-14/h7,18H,1-6H2. The first-order valence-corrected chi connectivity index (χ1v) is 6.58. The third kappa shape index (κ3) is 1.84. The molecule has 1 aromatic rings. The van der Waals surface area contributed by atoms with Crippen molar-refractivity contribution < 1.29 is 23.8 Å². The second kappa shape index (κ2) is 4.80. The summed E-state index contributed by atoms with van der Waals surface area (Å²) in [6, 6.07) is 1.10. The van der Waals surface area contributed by atoms with Crippen LogP contribution in [-0.2, 0) is 10.3 Å². The van der Waals surface area contributed by atoms with E-state index >= 15 is 0 Å². The van der Waals surface area contributed by atoms with Gasteiger partial charge in [0.1, 0.15) is 18.8 Å². The highest BCUT2D eigenvalue weighted by Crippen LogP contribution is 2.53. The lowest BCUT2D eigenvalue weighted by atomic mass is 9.86. The van der Waals surface area contributed by atoms with Crippen LogP contribution in [0.3, 0.4) is 0 Å². The maximum Gasteiger partial charge on any atom is 0.235 e. The van der Waals surface area contributed by atoms with E-state index in [1.165, 1.54) is 0 Å². The first kappa shape index (κ1) is 12.9. The summed E-state index contributed by atoms with van der Waals surface area (Å²) in [7, 11) is 0. The molecule has 1 heterocycles. The zero-order chi connectivity index (χ0) is 14.2. The number of phenolic OH excluding ortho intramolecular Hbond substituents is 1. The van der Waals surface area contributed by atoms with Crippen molar-refractivity contribution in [2.45, 2.75) is 31.2 Å². The smallest absolute Gasteiger partial charge is 0.235 e. The van der Waals surface area contributed by atoms with Gasteiger partial charge in [0.05, 0.1) is 5.56 Å². The Morgan fingerprint density at radius 3 is 2.70 bits per heavy atom. The number of hydrogen-bond donors (Lipinski definition) is 1. The van der Waals surface area contributed by atoms with E-state index in [0.29, 0.717) is 26.1 Å². The molecular formula is C14H14FNO4. The maximum atomic E-state index is 13.9. The van der Waals surface area contributed by atoms with Gasteiger partial charge in [-0.3, -0.25) is 0 Å². The number of isocyanates is 1. The predicted molar refractivity (Wildman–Crippen MR) is 67.3 cm³/mol. The zero-order valence-corrected chi connectivity index (χ0v) is 10.8. The highest BCUT2D eigenvalue weighted by Gasteiger charge is 2.43. The lowest BCUT2D eigenvalue weighted by Gasteiger charge is -2.29. The number of hydrogen-bond acceptors (Lipinski definition) is 5. The molecule has 3 rings (SSSR count). The van der Waals surface area contributed by atoms with E-state index < -0.39 is 17.1 Å². The Morgan fingerprint density at radius 1 is 1.30 bits per heavy atom. The van der Waals surface area contributed by atoms with E-state index in [-0.39, 0.29) is 17.1 Å². The molecule has 2 aliphatic rings. The average Bonchev–Trinajstić information content (AvgIpc) is 2.90. The van der Waals surface area contributed by atoms with Gasteiger partial charge in [0.2, 0.25) is 6.08 Å². The van der Waals surface area contributed by atoms with E-state index in [1.807, 2.05) is 0 Å². The van der Waals surface area contributed by atoms with Gasteiger partial charge in [-0.1, -0.05) is 12.8 Å². The number of benzene rings is 1. The Morgan fingerprint density at radius 2 is 2.00 bits per heavy atom. The monoisotopic (exact) mass is 279 g/mol. The van der Waals surface area contributed by atoms with E-state index in [9.17, 15) is 14.3 Å². The molecule has 0 unspecified atom stereocenters. The van der Waals surface area contributed by atoms with Gasteiger partial charge in [-0.15, -0.1) is 0 Å². The van der Waals surface area contributed by atoms with E-state index in [1.54, 1.807) is 6.08 Å². The van der Waals surface area contributed by atoms with Crippen LogP contribution in [0.1, 0.15) is 31.2 Å². The topological polar surface area (TPSA) is 68.1 Å². The SMILES string of the molecule is O=C=NC1(c2c(O)c(F)cc3c2OCCO3)CCCC1. The molecule has 0 aromatic heterocycles. The number of aliphatic imine (C=N–C) groups is 1. The van der Waals surface area contributed by atoms with Gasteiger partial charge in [0.15, 0.2) is 23.1 Å². The van der Waals surface area contributed by atoms with Crippen molar-refractivity contribution in [1.29, 1.82) is 0 Å². The average molecular weight is 279 g/mol. The molecule has 0 saturated heterocycles. The molecule has 5 nitrogen and oxygen atoms in total. The van der Waals surface area contributed by atoms with E-state index in [2.05, 4.69) is 4.99 Å². The third-order valence-electron chi connectivity index (χ3n) is 3.91. The normalized spacial score (nSPS) is 19.4. The summed E-state index contributed by atoms with van der Waals surface area (Å²) in [5, 5.41) is 10.1. The summed E-state index contributed by atoms with van der Waals surface area (Å²) in [5.41, 5.74) is -0.744. The number of rotatable bonds is 2. The fourth-order valence-electron chi connectivity index (χ4n) is 3.04. The minimum absolute atomic E-state index is 0.216. The van der Waals surface area contributed by atoms with Crippen molar-refractivity contribution in [3.8, 4) is 17.2 Å². The molecule has 1 saturated carbocycles. The zero-order valence-electron chi connectivity index (χ0n) is 10.8. The van der Waals surface area contributed by atoms with Crippen molar-refractivity contribution in [3.05, 3.63) is 17.4 Å². The second-order valence-electron chi connectivity index (χ2n) is 5.05. The number of carbonyl (C=O) groups excluding carboxylic acids is 1. The minimum atomic E-state index is -0.960. The van der Waals surface area contributed by atoms with Crippen molar-refractivity contribution in [1.82, 2.24) is 0 Å². The van der Waals surface area contributed by atoms with Crippen molar-refractivity contribution in [3.63, 3.8) is 0 Å². The molecule has 1 aliphatic carbocycles. The molecule has 1 N–H and O–H groups in total. The third-order valence-corrected chi connectivity index (χ3v) is 3.91. The summed E-state index contributed by atoms with van der Waals surface area (Å²) in [5.74, 6) is -0.781. The summed E-state index contributed by atoms with van der Waals surface area (Å²) < 4.78 is 24.8. The van der Waals surface area contributed by atoms with Crippen molar-refractivity contribution in [2.24, 2.45) is 4.99 Å². The lowest BCUT2D eigenvalue weighted by Crippen LogP contribution is -2.24. The van der Waals surface area contributed by atoms with Crippen LogP contribution in [-0.4, -0.2) is 24.4 Å². The first-order chi connectivity index (χ1) is 9.68. The van der Waals surface area contributed by atoms with Gasteiger partial charge in [-0.05, 0) is 12.8 Å². The molecular weight excluding hydrogens is 265 g/mol. The summed E-state index contributed by atoms with van der Waals surface area (Å²) in [4.78, 5) is 14.6. The largest absolute Gasteiger partial charge is 0.504 e. The molecule has 0 atom stereocenters. The first-order valence-electron chi connectivity index (χ1n) is 6.58. The molecule has 106 valence electrons. The minimum Gasteiger partial charge on any atom is -0.504 e. The molecule has 0 amide bonds. The molecule has 1 aliphatic heterocycles. The molecule has 0 spiro atoms. The number of aromatic hydroxyl groups is 1. The van der Waals surface area contributed by atoms with Crippen LogP contribution in [0.25, 0.3) is 0 Å². The van der Waals surface area contributed by atoms with E-state index in [0.717, 1.165) is 18.9 Å². The van der Waals surface area contributed by atoms with Crippen LogP contribution < -0.4 is 9.47 Å². The number of halogens is 1. The van der Waals surface area contributed by atoms with Gasteiger partial charge >= 0.3 is 0 Å². The van der Waals surface area contributed by atoms with Gasteiger partial charge < -0.3 is 14.6 Å². The van der Waals surface area contributed by atoms with Gasteiger partial charge in [0.25, 0.3) is 0 Å².